The average molecular weight is 396 g/mol. The van der Waals surface area contributed by atoms with Crippen molar-refractivity contribution in [3.63, 3.8) is 0 Å². The number of carbonyl (C=O) groups excluding carboxylic acids is 1. The van der Waals surface area contributed by atoms with Gasteiger partial charge >= 0.3 is 5.97 Å². The summed E-state index contributed by atoms with van der Waals surface area (Å²) in [5.74, 6) is -0.905. The van der Waals surface area contributed by atoms with Gasteiger partial charge in [-0.3, -0.25) is 4.79 Å². The SMILES string of the molecule is CC(C(=O)N1Cc2cccc(Br)c2CC1C(=O)O)C1CCOCC1. The minimum Gasteiger partial charge on any atom is -0.480 e. The van der Waals surface area contributed by atoms with Crippen LogP contribution in [0.1, 0.15) is 30.9 Å². The minimum atomic E-state index is -0.941. The summed E-state index contributed by atoms with van der Waals surface area (Å²) in [5.41, 5.74) is 2.02. The summed E-state index contributed by atoms with van der Waals surface area (Å²) in [6.07, 6.45) is 2.07. The lowest BCUT2D eigenvalue weighted by atomic mass is 9.85. The van der Waals surface area contributed by atoms with Crippen LogP contribution < -0.4 is 0 Å². The normalized spacial score (nSPS) is 22.8. The molecule has 1 saturated heterocycles. The topological polar surface area (TPSA) is 66.8 Å². The summed E-state index contributed by atoms with van der Waals surface area (Å²) in [4.78, 5) is 26.3. The zero-order valence-electron chi connectivity index (χ0n) is 13.7. The Balaban J connectivity index is 1.84. The van der Waals surface area contributed by atoms with Gasteiger partial charge in [0.1, 0.15) is 6.04 Å². The quantitative estimate of drug-likeness (QED) is 0.854. The molecule has 0 spiro atoms. The summed E-state index contributed by atoms with van der Waals surface area (Å²) in [7, 11) is 0. The third-order valence-corrected chi connectivity index (χ3v) is 6.00. The number of carbonyl (C=O) groups is 2. The smallest absolute Gasteiger partial charge is 0.326 e. The van der Waals surface area contributed by atoms with Crippen molar-refractivity contribution in [3.8, 4) is 0 Å². The number of aliphatic carboxylic acids is 1. The van der Waals surface area contributed by atoms with Gasteiger partial charge in [-0.15, -0.1) is 0 Å². The Morgan fingerprint density at radius 2 is 2.04 bits per heavy atom. The number of ether oxygens (including phenoxy) is 1. The van der Waals surface area contributed by atoms with Gasteiger partial charge in [0.15, 0.2) is 0 Å². The van der Waals surface area contributed by atoms with Gasteiger partial charge in [0.25, 0.3) is 0 Å². The van der Waals surface area contributed by atoms with E-state index < -0.39 is 12.0 Å². The van der Waals surface area contributed by atoms with Crippen LogP contribution in [0.15, 0.2) is 22.7 Å². The van der Waals surface area contributed by atoms with Gasteiger partial charge in [0.05, 0.1) is 0 Å². The van der Waals surface area contributed by atoms with Crippen molar-refractivity contribution in [2.45, 2.75) is 38.8 Å². The standard InChI is InChI=1S/C18H22BrNO4/c1-11(12-5-7-24-8-6-12)17(21)20-10-13-3-2-4-15(19)14(13)9-16(20)18(22)23/h2-4,11-12,16H,5-10H2,1H3,(H,22,23). The lowest BCUT2D eigenvalue weighted by molar-refractivity contribution is -0.154. The highest BCUT2D eigenvalue weighted by Crippen LogP contribution is 2.32. The second-order valence-electron chi connectivity index (χ2n) is 6.64. The summed E-state index contributed by atoms with van der Waals surface area (Å²) < 4.78 is 6.28. The summed E-state index contributed by atoms with van der Waals surface area (Å²) >= 11 is 3.50. The third-order valence-electron chi connectivity index (χ3n) is 5.26. The first-order valence-corrected chi connectivity index (χ1v) is 9.15. The second kappa shape index (κ2) is 7.23. The molecule has 0 bridgehead atoms. The first-order chi connectivity index (χ1) is 11.5. The Bertz CT molecular complexity index is 642. The number of fused-ring (bicyclic) bond motifs is 1. The van der Waals surface area contributed by atoms with Gasteiger partial charge in [0, 0.05) is 36.6 Å². The predicted molar refractivity (Wildman–Crippen MR) is 92.5 cm³/mol. The first kappa shape index (κ1) is 17.4. The minimum absolute atomic E-state index is 0.0556. The summed E-state index contributed by atoms with van der Waals surface area (Å²) in [5, 5.41) is 9.64. The number of nitrogens with zero attached hydrogens (tertiary/aromatic N) is 1. The molecular weight excluding hydrogens is 374 g/mol. The number of amides is 1. The van der Waals surface area contributed by atoms with Crippen LogP contribution in [0.2, 0.25) is 0 Å². The molecule has 2 heterocycles. The fourth-order valence-electron chi connectivity index (χ4n) is 3.71. The van der Waals surface area contributed by atoms with Crippen LogP contribution >= 0.6 is 15.9 Å². The molecule has 1 N–H and O–H groups in total. The first-order valence-electron chi connectivity index (χ1n) is 8.36. The average Bonchev–Trinajstić information content (AvgIpc) is 2.60. The van der Waals surface area contributed by atoms with Crippen molar-refractivity contribution in [2.75, 3.05) is 13.2 Å². The summed E-state index contributed by atoms with van der Waals surface area (Å²) in [6, 6.07) is 5.01. The molecule has 0 aliphatic carbocycles. The molecule has 2 aliphatic heterocycles. The van der Waals surface area contributed by atoms with Crippen LogP contribution in [0.5, 0.6) is 0 Å². The van der Waals surface area contributed by atoms with E-state index in [9.17, 15) is 14.7 Å². The Hall–Kier alpha value is -1.40. The maximum absolute atomic E-state index is 13.0. The van der Waals surface area contributed by atoms with E-state index in [0.29, 0.717) is 26.2 Å². The highest BCUT2D eigenvalue weighted by atomic mass is 79.9. The maximum Gasteiger partial charge on any atom is 0.326 e. The molecule has 0 saturated carbocycles. The van der Waals surface area contributed by atoms with Crippen LogP contribution in [-0.4, -0.2) is 41.1 Å². The van der Waals surface area contributed by atoms with E-state index in [1.807, 2.05) is 25.1 Å². The molecule has 2 atom stereocenters. The maximum atomic E-state index is 13.0. The molecule has 1 aromatic carbocycles. The van der Waals surface area contributed by atoms with E-state index >= 15 is 0 Å². The van der Waals surface area contributed by atoms with E-state index in [1.165, 1.54) is 0 Å². The predicted octanol–water partition coefficient (Wildman–Crippen LogP) is 2.85. The molecule has 6 heteroatoms. The molecule has 2 unspecified atom stereocenters. The fourth-order valence-corrected chi connectivity index (χ4v) is 4.28. The highest BCUT2D eigenvalue weighted by Gasteiger charge is 2.38. The largest absolute Gasteiger partial charge is 0.480 e. The van der Waals surface area contributed by atoms with Gasteiger partial charge in [-0.2, -0.15) is 0 Å². The van der Waals surface area contributed by atoms with Crippen molar-refractivity contribution in [2.24, 2.45) is 11.8 Å². The molecule has 2 aliphatic rings. The van der Waals surface area contributed by atoms with E-state index in [-0.39, 0.29) is 17.7 Å². The van der Waals surface area contributed by atoms with Gasteiger partial charge < -0.3 is 14.7 Å². The number of halogens is 1. The second-order valence-corrected chi connectivity index (χ2v) is 7.49. The van der Waals surface area contributed by atoms with E-state index in [0.717, 1.165) is 28.4 Å². The van der Waals surface area contributed by atoms with Crippen molar-refractivity contribution in [1.29, 1.82) is 0 Å². The molecular formula is C18H22BrNO4. The van der Waals surface area contributed by atoms with Crippen LogP contribution in [0.25, 0.3) is 0 Å². The molecule has 24 heavy (non-hydrogen) atoms. The van der Waals surface area contributed by atoms with Crippen LogP contribution in [0.3, 0.4) is 0 Å². The van der Waals surface area contributed by atoms with Crippen molar-refractivity contribution in [1.82, 2.24) is 4.90 Å². The Morgan fingerprint density at radius 1 is 1.33 bits per heavy atom. The lowest BCUT2D eigenvalue weighted by Crippen LogP contribution is -2.51. The van der Waals surface area contributed by atoms with Crippen LogP contribution in [0, 0.1) is 11.8 Å². The molecule has 1 aromatic rings. The van der Waals surface area contributed by atoms with Crippen LogP contribution in [0.4, 0.5) is 0 Å². The fraction of sp³-hybridized carbons (Fsp3) is 0.556. The van der Waals surface area contributed by atoms with Crippen molar-refractivity contribution < 1.29 is 19.4 Å². The Morgan fingerprint density at radius 3 is 2.71 bits per heavy atom. The van der Waals surface area contributed by atoms with E-state index in [4.69, 9.17) is 4.74 Å². The number of rotatable bonds is 3. The molecule has 5 nitrogen and oxygen atoms in total. The number of carboxylic acids is 1. The van der Waals surface area contributed by atoms with E-state index in [1.54, 1.807) is 4.90 Å². The molecule has 3 rings (SSSR count). The van der Waals surface area contributed by atoms with Crippen molar-refractivity contribution >= 4 is 27.8 Å². The molecule has 0 radical (unpaired) electrons. The zero-order valence-corrected chi connectivity index (χ0v) is 15.3. The van der Waals surface area contributed by atoms with Gasteiger partial charge in [0.2, 0.25) is 5.91 Å². The number of hydrogen-bond donors (Lipinski definition) is 1. The number of hydrogen-bond acceptors (Lipinski definition) is 3. The Kier molecular flexibility index (Phi) is 5.25. The third kappa shape index (κ3) is 3.35. The molecule has 130 valence electrons. The summed E-state index contributed by atoms with van der Waals surface area (Å²) in [6.45, 7) is 3.65. The Labute approximate surface area is 150 Å². The number of benzene rings is 1. The van der Waals surface area contributed by atoms with Gasteiger partial charge in [-0.05, 0) is 36.0 Å². The monoisotopic (exact) mass is 395 g/mol. The molecule has 1 fully saturated rings. The highest BCUT2D eigenvalue weighted by molar-refractivity contribution is 9.10. The van der Waals surface area contributed by atoms with Gasteiger partial charge in [-0.1, -0.05) is 35.0 Å². The van der Waals surface area contributed by atoms with Gasteiger partial charge in [-0.25, -0.2) is 4.79 Å². The molecule has 1 amide bonds. The lowest BCUT2D eigenvalue weighted by Gasteiger charge is -2.38. The van der Waals surface area contributed by atoms with Crippen LogP contribution in [-0.2, 0) is 27.3 Å². The van der Waals surface area contributed by atoms with E-state index in [2.05, 4.69) is 15.9 Å². The molecule has 0 aromatic heterocycles. The number of carboxylic acid groups (broad SMARTS) is 1. The zero-order chi connectivity index (χ0) is 17.3. The van der Waals surface area contributed by atoms with Crippen molar-refractivity contribution in [3.05, 3.63) is 33.8 Å².